The third-order valence-electron chi connectivity index (χ3n) is 5.75. The van der Waals surface area contributed by atoms with Crippen LogP contribution in [0.1, 0.15) is 81.7 Å². The van der Waals surface area contributed by atoms with Crippen LogP contribution in [0.3, 0.4) is 0 Å². The van der Waals surface area contributed by atoms with Gasteiger partial charge in [0.2, 0.25) is 0 Å². The lowest BCUT2D eigenvalue weighted by Gasteiger charge is -2.29. The number of hydrogen-bond donors (Lipinski definition) is 1. The number of esters is 1. The molecule has 0 aromatic carbocycles. The molecule has 1 N–H and O–H groups in total. The number of nitrogens with zero attached hydrogens (tertiary/aromatic N) is 1. The van der Waals surface area contributed by atoms with Crippen LogP contribution in [0, 0.1) is 19.8 Å². The standard InChI is InChI=1S/C23H30N2O5/c1-4-29-23(28)21-15(2)20(16(3)24-21)18(26)14-25(13-17-9-6-5-7-10-17)22(27)19-11-8-12-30-19/h8,11-12,17,24H,4-7,9-10,13-14H2,1-3H3. The molecular formula is C23H30N2O5. The molecule has 0 bridgehead atoms. The van der Waals surface area contributed by atoms with Gasteiger partial charge in [0, 0.05) is 17.8 Å². The Labute approximate surface area is 176 Å². The molecule has 1 aliphatic rings. The Morgan fingerprint density at radius 3 is 2.57 bits per heavy atom. The first kappa shape index (κ1) is 21.9. The number of ketones is 1. The van der Waals surface area contributed by atoms with E-state index in [4.69, 9.17) is 9.15 Å². The van der Waals surface area contributed by atoms with Crippen molar-refractivity contribution in [3.8, 4) is 0 Å². The van der Waals surface area contributed by atoms with Crippen molar-refractivity contribution in [2.45, 2.75) is 52.9 Å². The van der Waals surface area contributed by atoms with E-state index in [1.807, 2.05) is 0 Å². The van der Waals surface area contributed by atoms with Crippen molar-refractivity contribution in [2.24, 2.45) is 5.92 Å². The van der Waals surface area contributed by atoms with Crippen molar-refractivity contribution in [2.75, 3.05) is 19.7 Å². The molecule has 2 aromatic rings. The maximum Gasteiger partial charge on any atom is 0.355 e. The second kappa shape index (κ2) is 9.78. The highest BCUT2D eigenvalue weighted by atomic mass is 16.5. The van der Waals surface area contributed by atoms with Gasteiger partial charge in [-0.2, -0.15) is 0 Å². The van der Waals surface area contributed by atoms with Gasteiger partial charge in [0.25, 0.3) is 5.91 Å². The molecule has 0 spiro atoms. The SMILES string of the molecule is CCOC(=O)c1[nH]c(C)c(C(=O)CN(CC2CCCCC2)C(=O)c2ccco2)c1C. The van der Waals surface area contributed by atoms with E-state index < -0.39 is 5.97 Å². The van der Waals surface area contributed by atoms with Gasteiger partial charge in [-0.3, -0.25) is 9.59 Å². The van der Waals surface area contributed by atoms with Crippen LogP contribution in [0.25, 0.3) is 0 Å². The maximum atomic E-state index is 13.2. The first-order chi connectivity index (χ1) is 14.4. The summed E-state index contributed by atoms with van der Waals surface area (Å²) < 4.78 is 10.4. The summed E-state index contributed by atoms with van der Waals surface area (Å²) in [5, 5.41) is 0. The molecule has 162 valence electrons. The van der Waals surface area contributed by atoms with Crippen molar-refractivity contribution in [3.63, 3.8) is 0 Å². The molecule has 0 atom stereocenters. The van der Waals surface area contributed by atoms with Crippen LogP contribution in [0.15, 0.2) is 22.8 Å². The molecule has 0 radical (unpaired) electrons. The number of Topliss-reactive ketones (excluding diaryl/α,β-unsaturated/α-hetero) is 1. The lowest BCUT2D eigenvalue weighted by molar-refractivity contribution is 0.0519. The summed E-state index contributed by atoms with van der Waals surface area (Å²) in [7, 11) is 0. The lowest BCUT2D eigenvalue weighted by Crippen LogP contribution is -2.39. The summed E-state index contributed by atoms with van der Waals surface area (Å²) in [4.78, 5) is 42.9. The minimum absolute atomic E-state index is 0.0577. The predicted octanol–water partition coefficient (Wildman–Crippen LogP) is 4.31. The molecule has 2 heterocycles. The minimum atomic E-state index is -0.483. The molecule has 0 saturated heterocycles. The van der Waals surface area contributed by atoms with Crippen LogP contribution >= 0.6 is 0 Å². The second-order valence-electron chi connectivity index (χ2n) is 7.94. The first-order valence-electron chi connectivity index (χ1n) is 10.6. The summed E-state index contributed by atoms with van der Waals surface area (Å²) in [6.07, 6.45) is 7.11. The van der Waals surface area contributed by atoms with E-state index in [9.17, 15) is 14.4 Å². The van der Waals surface area contributed by atoms with Gasteiger partial charge in [-0.15, -0.1) is 0 Å². The molecule has 1 aliphatic carbocycles. The number of carbonyl (C=O) groups excluding carboxylic acids is 3. The van der Waals surface area contributed by atoms with E-state index in [0.29, 0.717) is 29.3 Å². The number of furan rings is 1. The van der Waals surface area contributed by atoms with Crippen LogP contribution in [0.4, 0.5) is 0 Å². The second-order valence-corrected chi connectivity index (χ2v) is 7.94. The Morgan fingerprint density at radius 1 is 1.20 bits per heavy atom. The average Bonchev–Trinajstić information content (AvgIpc) is 3.36. The van der Waals surface area contributed by atoms with Crippen molar-refractivity contribution < 1.29 is 23.5 Å². The zero-order valence-corrected chi connectivity index (χ0v) is 18.0. The Balaban J connectivity index is 1.82. The quantitative estimate of drug-likeness (QED) is 0.513. The summed E-state index contributed by atoms with van der Waals surface area (Å²) in [6.45, 7) is 5.94. The normalized spacial score (nSPS) is 14.5. The average molecular weight is 415 g/mol. The number of hydrogen-bond acceptors (Lipinski definition) is 5. The summed E-state index contributed by atoms with van der Waals surface area (Å²) in [5.74, 6) is -0.354. The van der Waals surface area contributed by atoms with Gasteiger partial charge in [0.05, 0.1) is 19.4 Å². The fourth-order valence-corrected chi connectivity index (χ4v) is 4.28. The molecule has 1 amide bonds. The monoisotopic (exact) mass is 414 g/mol. The first-order valence-corrected chi connectivity index (χ1v) is 10.6. The Morgan fingerprint density at radius 2 is 1.93 bits per heavy atom. The summed E-state index contributed by atoms with van der Waals surface area (Å²) in [5.41, 5.74) is 1.88. The van der Waals surface area contributed by atoms with E-state index >= 15 is 0 Å². The van der Waals surface area contributed by atoms with E-state index in [0.717, 1.165) is 25.7 Å². The lowest BCUT2D eigenvalue weighted by atomic mass is 9.88. The van der Waals surface area contributed by atoms with Crippen LogP contribution in [-0.2, 0) is 4.74 Å². The van der Waals surface area contributed by atoms with Crippen LogP contribution in [0.5, 0.6) is 0 Å². The number of H-pyrrole nitrogens is 1. The van der Waals surface area contributed by atoms with E-state index in [2.05, 4.69) is 4.98 Å². The fraction of sp³-hybridized carbons (Fsp3) is 0.522. The van der Waals surface area contributed by atoms with Gasteiger partial charge in [-0.1, -0.05) is 19.3 Å². The molecule has 1 saturated carbocycles. The highest BCUT2D eigenvalue weighted by molar-refractivity contribution is 6.05. The van der Waals surface area contributed by atoms with Gasteiger partial charge in [0.1, 0.15) is 5.69 Å². The van der Waals surface area contributed by atoms with Gasteiger partial charge >= 0.3 is 5.97 Å². The predicted molar refractivity (Wildman–Crippen MR) is 112 cm³/mol. The fourth-order valence-electron chi connectivity index (χ4n) is 4.28. The van der Waals surface area contributed by atoms with Crippen molar-refractivity contribution >= 4 is 17.7 Å². The van der Waals surface area contributed by atoms with Crippen LogP contribution in [0.2, 0.25) is 0 Å². The largest absolute Gasteiger partial charge is 0.461 e. The number of amides is 1. The Kier molecular flexibility index (Phi) is 7.13. The minimum Gasteiger partial charge on any atom is -0.461 e. The molecule has 7 nitrogen and oxygen atoms in total. The van der Waals surface area contributed by atoms with Gasteiger partial charge in [-0.05, 0) is 57.2 Å². The molecular weight excluding hydrogens is 384 g/mol. The van der Waals surface area contributed by atoms with Gasteiger partial charge < -0.3 is 19.0 Å². The van der Waals surface area contributed by atoms with Gasteiger partial charge in [-0.25, -0.2) is 4.79 Å². The number of ether oxygens (including phenoxy) is 1. The number of aromatic amines is 1. The zero-order valence-electron chi connectivity index (χ0n) is 18.0. The molecule has 1 fully saturated rings. The summed E-state index contributed by atoms with van der Waals surface area (Å²) >= 11 is 0. The van der Waals surface area contributed by atoms with Crippen LogP contribution in [-0.4, -0.2) is 47.2 Å². The van der Waals surface area contributed by atoms with Crippen LogP contribution < -0.4 is 0 Å². The van der Waals surface area contributed by atoms with E-state index in [-0.39, 0.29) is 36.3 Å². The molecule has 0 unspecified atom stereocenters. The zero-order chi connectivity index (χ0) is 21.7. The number of aromatic nitrogens is 1. The third kappa shape index (κ3) is 4.83. The van der Waals surface area contributed by atoms with E-state index in [1.165, 1.54) is 12.7 Å². The maximum absolute atomic E-state index is 13.2. The third-order valence-corrected chi connectivity index (χ3v) is 5.75. The highest BCUT2D eigenvalue weighted by Gasteiger charge is 2.28. The number of nitrogens with one attached hydrogen (secondary N) is 1. The Bertz CT molecular complexity index is 891. The number of aryl methyl sites for hydroxylation is 1. The molecule has 7 heteroatoms. The Hall–Kier alpha value is -2.83. The van der Waals surface area contributed by atoms with Gasteiger partial charge in [0.15, 0.2) is 11.5 Å². The number of carbonyl (C=O) groups is 3. The number of rotatable bonds is 8. The highest BCUT2D eigenvalue weighted by Crippen LogP contribution is 2.26. The summed E-state index contributed by atoms with van der Waals surface area (Å²) in [6, 6.07) is 3.28. The van der Waals surface area contributed by atoms with E-state index in [1.54, 1.807) is 37.8 Å². The van der Waals surface area contributed by atoms with Crippen molar-refractivity contribution in [1.29, 1.82) is 0 Å². The molecule has 30 heavy (non-hydrogen) atoms. The molecule has 0 aliphatic heterocycles. The molecule has 3 rings (SSSR count). The molecule has 2 aromatic heterocycles. The topological polar surface area (TPSA) is 92.6 Å². The smallest absolute Gasteiger partial charge is 0.355 e. The van der Waals surface area contributed by atoms with Crippen molar-refractivity contribution in [3.05, 3.63) is 46.7 Å². The van der Waals surface area contributed by atoms with Crippen molar-refractivity contribution in [1.82, 2.24) is 9.88 Å².